The van der Waals surface area contributed by atoms with Crippen molar-refractivity contribution in [2.45, 2.75) is 26.8 Å². The smallest absolute Gasteiger partial charge is 0.316 e. The highest BCUT2D eigenvalue weighted by Crippen LogP contribution is 2.26. The second-order valence-corrected chi connectivity index (χ2v) is 6.30. The van der Waals surface area contributed by atoms with Crippen LogP contribution in [0.4, 0.5) is 0 Å². The Balaban J connectivity index is 1.66. The van der Waals surface area contributed by atoms with E-state index >= 15 is 0 Å². The topological polar surface area (TPSA) is 46.6 Å². The van der Waals surface area contributed by atoms with Crippen LogP contribution in [0.5, 0.6) is 5.75 Å². The Morgan fingerprint density at radius 2 is 1.75 bits per heavy atom. The summed E-state index contributed by atoms with van der Waals surface area (Å²) < 4.78 is 5.59. The van der Waals surface area contributed by atoms with Crippen LogP contribution < -0.4 is 4.74 Å². The van der Waals surface area contributed by atoms with Crippen molar-refractivity contribution in [1.29, 1.82) is 0 Å². The Morgan fingerprint density at radius 1 is 1.08 bits per heavy atom. The summed E-state index contributed by atoms with van der Waals surface area (Å²) in [5.41, 5.74) is 2.91. The van der Waals surface area contributed by atoms with Gasteiger partial charge in [-0.15, -0.1) is 0 Å². The van der Waals surface area contributed by atoms with Crippen LogP contribution in [0.2, 0.25) is 0 Å². The second kappa shape index (κ2) is 6.87. The summed E-state index contributed by atoms with van der Waals surface area (Å²) in [5, 5.41) is 0. The quantitative estimate of drug-likeness (QED) is 0.641. The molecule has 1 saturated heterocycles. The summed E-state index contributed by atoms with van der Waals surface area (Å²) in [5.74, 6) is -0.115. The van der Waals surface area contributed by atoms with E-state index in [1.807, 2.05) is 62.4 Å². The maximum Gasteiger partial charge on any atom is 0.316 e. The lowest BCUT2D eigenvalue weighted by Crippen LogP contribution is -2.27. The maximum absolute atomic E-state index is 12.5. The Kier molecular flexibility index (Phi) is 4.65. The van der Waals surface area contributed by atoms with Gasteiger partial charge in [0.05, 0.1) is 5.92 Å². The van der Waals surface area contributed by atoms with Crippen molar-refractivity contribution in [3.63, 3.8) is 0 Å². The van der Waals surface area contributed by atoms with Crippen molar-refractivity contribution in [2.24, 2.45) is 5.92 Å². The molecule has 0 saturated carbocycles. The van der Waals surface area contributed by atoms with E-state index in [2.05, 4.69) is 0 Å². The first kappa shape index (κ1) is 16.2. The van der Waals surface area contributed by atoms with Gasteiger partial charge in [0.15, 0.2) is 0 Å². The van der Waals surface area contributed by atoms with Crippen molar-refractivity contribution in [3.8, 4) is 5.75 Å². The minimum Gasteiger partial charge on any atom is -0.426 e. The van der Waals surface area contributed by atoms with E-state index in [0.717, 1.165) is 16.7 Å². The predicted molar refractivity (Wildman–Crippen MR) is 91.5 cm³/mol. The zero-order valence-corrected chi connectivity index (χ0v) is 14.0. The number of carbonyl (C=O) groups excluding carboxylic acids is 2. The highest BCUT2D eigenvalue weighted by molar-refractivity contribution is 5.87. The molecule has 3 rings (SSSR count). The average Bonchev–Trinajstić information content (AvgIpc) is 2.93. The first-order valence-corrected chi connectivity index (χ1v) is 8.14. The van der Waals surface area contributed by atoms with E-state index in [4.69, 9.17) is 4.74 Å². The third-order valence-corrected chi connectivity index (χ3v) is 4.38. The summed E-state index contributed by atoms with van der Waals surface area (Å²) in [6, 6.07) is 15.6. The Labute approximate surface area is 142 Å². The summed E-state index contributed by atoms with van der Waals surface area (Å²) in [6.07, 6.45) is 0.219. The zero-order chi connectivity index (χ0) is 17.1. The van der Waals surface area contributed by atoms with Crippen molar-refractivity contribution in [2.75, 3.05) is 6.54 Å². The molecule has 0 aromatic heterocycles. The molecule has 24 heavy (non-hydrogen) atoms. The lowest BCUT2D eigenvalue weighted by molar-refractivity contribution is -0.139. The second-order valence-electron chi connectivity index (χ2n) is 6.30. The van der Waals surface area contributed by atoms with Gasteiger partial charge in [0, 0.05) is 19.5 Å². The minimum absolute atomic E-state index is 0.00214. The van der Waals surface area contributed by atoms with Crippen LogP contribution in [0.15, 0.2) is 48.5 Å². The molecule has 1 aliphatic heterocycles. The number of hydrogen-bond acceptors (Lipinski definition) is 3. The van der Waals surface area contributed by atoms with Crippen LogP contribution in [-0.2, 0) is 16.1 Å². The number of rotatable bonds is 4. The fraction of sp³-hybridized carbons (Fsp3) is 0.300. The van der Waals surface area contributed by atoms with E-state index in [1.165, 1.54) is 0 Å². The third kappa shape index (κ3) is 3.48. The maximum atomic E-state index is 12.5. The van der Waals surface area contributed by atoms with Gasteiger partial charge in [0.25, 0.3) is 0 Å². The fourth-order valence-electron chi connectivity index (χ4n) is 3.03. The van der Waals surface area contributed by atoms with Gasteiger partial charge < -0.3 is 9.64 Å². The Hall–Kier alpha value is -2.62. The van der Waals surface area contributed by atoms with Gasteiger partial charge in [-0.05, 0) is 30.5 Å². The van der Waals surface area contributed by atoms with E-state index in [-0.39, 0.29) is 18.3 Å². The number of esters is 1. The molecule has 1 fully saturated rings. The molecule has 0 unspecified atom stereocenters. The summed E-state index contributed by atoms with van der Waals surface area (Å²) >= 11 is 0. The molecule has 2 aromatic rings. The first-order valence-electron chi connectivity index (χ1n) is 8.14. The molecular formula is C20H21NO3. The van der Waals surface area contributed by atoms with Gasteiger partial charge in [0.1, 0.15) is 5.75 Å². The number of hydrogen-bond donors (Lipinski definition) is 0. The first-order chi connectivity index (χ1) is 11.5. The van der Waals surface area contributed by atoms with Crippen molar-refractivity contribution in [1.82, 2.24) is 4.90 Å². The molecule has 2 aromatic carbocycles. The van der Waals surface area contributed by atoms with Gasteiger partial charge in [-0.2, -0.15) is 0 Å². The molecule has 0 aliphatic carbocycles. The van der Waals surface area contributed by atoms with Crippen LogP contribution >= 0.6 is 0 Å². The van der Waals surface area contributed by atoms with Crippen LogP contribution in [0.3, 0.4) is 0 Å². The summed E-state index contributed by atoms with van der Waals surface area (Å²) in [6.45, 7) is 4.78. The van der Waals surface area contributed by atoms with E-state index < -0.39 is 5.92 Å². The lowest BCUT2D eigenvalue weighted by Gasteiger charge is -2.17. The van der Waals surface area contributed by atoms with E-state index in [1.54, 1.807) is 4.90 Å². The fourth-order valence-corrected chi connectivity index (χ4v) is 3.03. The van der Waals surface area contributed by atoms with Crippen molar-refractivity contribution < 1.29 is 14.3 Å². The molecule has 124 valence electrons. The highest BCUT2D eigenvalue weighted by Gasteiger charge is 2.35. The molecule has 0 bridgehead atoms. The highest BCUT2D eigenvalue weighted by atomic mass is 16.5. The Morgan fingerprint density at radius 3 is 2.42 bits per heavy atom. The number of nitrogens with zero attached hydrogens (tertiary/aromatic N) is 1. The number of benzene rings is 2. The van der Waals surface area contributed by atoms with Crippen LogP contribution in [0.1, 0.15) is 23.1 Å². The molecule has 4 nitrogen and oxygen atoms in total. The number of likely N-dealkylation sites (tertiary alicyclic amines) is 1. The van der Waals surface area contributed by atoms with Gasteiger partial charge in [-0.3, -0.25) is 9.59 Å². The Bertz CT molecular complexity index is 734. The van der Waals surface area contributed by atoms with Gasteiger partial charge in [0.2, 0.25) is 5.91 Å². The largest absolute Gasteiger partial charge is 0.426 e. The normalized spacial score (nSPS) is 17.2. The van der Waals surface area contributed by atoms with Crippen molar-refractivity contribution in [3.05, 3.63) is 65.2 Å². The average molecular weight is 323 g/mol. The lowest BCUT2D eigenvalue weighted by atomic mass is 10.1. The van der Waals surface area contributed by atoms with Gasteiger partial charge in [-0.25, -0.2) is 0 Å². The third-order valence-electron chi connectivity index (χ3n) is 4.38. The van der Waals surface area contributed by atoms with E-state index in [9.17, 15) is 9.59 Å². The molecule has 0 radical (unpaired) electrons. The standard InChI is InChI=1S/C20H21NO3/c1-14-7-6-8-15(2)19(14)24-20(23)17-11-18(22)21(13-17)12-16-9-4-3-5-10-16/h3-10,17H,11-13H2,1-2H3/t17-/m0/s1. The monoisotopic (exact) mass is 323 g/mol. The zero-order valence-electron chi connectivity index (χ0n) is 14.0. The van der Waals surface area contributed by atoms with Crippen molar-refractivity contribution >= 4 is 11.9 Å². The summed E-state index contributed by atoms with van der Waals surface area (Å²) in [4.78, 5) is 26.4. The molecule has 1 aliphatic rings. The number of para-hydroxylation sites is 1. The number of ether oxygens (including phenoxy) is 1. The van der Waals surface area contributed by atoms with Gasteiger partial charge in [-0.1, -0.05) is 48.5 Å². The SMILES string of the molecule is Cc1cccc(C)c1OC(=O)[C@H]1CC(=O)N(Cc2ccccc2)C1. The van der Waals surface area contributed by atoms with Crippen LogP contribution in [-0.4, -0.2) is 23.3 Å². The molecule has 0 N–H and O–H groups in total. The van der Waals surface area contributed by atoms with Crippen LogP contribution in [0.25, 0.3) is 0 Å². The number of carbonyl (C=O) groups is 2. The van der Waals surface area contributed by atoms with Gasteiger partial charge >= 0.3 is 5.97 Å². The molecule has 1 atom stereocenters. The number of amides is 1. The van der Waals surface area contributed by atoms with E-state index in [0.29, 0.717) is 18.8 Å². The molecule has 4 heteroatoms. The molecule has 1 amide bonds. The van der Waals surface area contributed by atoms with Crippen LogP contribution in [0, 0.1) is 19.8 Å². The minimum atomic E-state index is -0.403. The predicted octanol–water partition coefficient (Wildman–Crippen LogP) is 3.26. The molecule has 1 heterocycles. The summed E-state index contributed by atoms with van der Waals surface area (Å²) in [7, 11) is 0. The molecule has 0 spiro atoms. The molecular weight excluding hydrogens is 302 g/mol. The number of aryl methyl sites for hydroxylation is 2.